The summed E-state index contributed by atoms with van der Waals surface area (Å²) in [5.74, 6) is 2.67. The van der Waals surface area contributed by atoms with E-state index in [0.29, 0.717) is 47.6 Å². The van der Waals surface area contributed by atoms with Gasteiger partial charge in [-0.15, -0.1) is 11.3 Å². The number of halogens is 2. The highest BCUT2D eigenvalue weighted by Gasteiger charge is 2.51. The van der Waals surface area contributed by atoms with E-state index in [1.807, 2.05) is 41.3 Å². The van der Waals surface area contributed by atoms with Gasteiger partial charge in [-0.3, -0.25) is 53.1 Å². The molecule has 4 aliphatic rings. The van der Waals surface area contributed by atoms with Crippen molar-refractivity contribution in [3.8, 4) is 17.6 Å². The molecule has 0 bridgehead atoms. The van der Waals surface area contributed by atoms with Gasteiger partial charge in [0.15, 0.2) is 6.61 Å². The van der Waals surface area contributed by atoms with Crippen molar-refractivity contribution in [3.63, 3.8) is 0 Å². The number of nitrogens with one attached hydrogen (secondary N) is 3. The number of likely N-dealkylation sites (tertiary alicyclic amines) is 1. The van der Waals surface area contributed by atoms with Gasteiger partial charge < -0.3 is 35.0 Å². The Morgan fingerprint density at radius 1 is 0.859 bits per heavy atom. The van der Waals surface area contributed by atoms with Crippen molar-refractivity contribution >= 4 is 76.3 Å². The largest absolute Gasteiger partial charge is 0.484 e. The van der Waals surface area contributed by atoms with Gasteiger partial charge in [-0.1, -0.05) is 113 Å². The van der Waals surface area contributed by atoms with Crippen molar-refractivity contribution in [2.45, 2.75) is 140 Å². The lowest BCUT2D eigenvalue weighted by molar-refractivity contribution is -0.150. The van der Waals surface area contributed by atoms with E-state index in [9.17, 15) is 56.7 Å². The number of rotatable bonds is 20. The number of thiophene rings is 1. The molecule has 0 aliphatic carbocycles. The summed E-state index contributed by atoms with van der Waals surface area (Å²) in [6.45, 7) is 6.50. The molecule has 85 heavy (non-hydrogen) atoms. The lowest BCUT2D eigenvalue weighted by atomic mass is 9.83. The second-order valence-corrected chi connectivity index (χ2v) is 25.9. The number of hydrogen-bond donors (Lipinski definition) is 5. The first-order valence-electron chi connectivity index (χ1n) is 28.8. The van der Waals surface area contributed by atoms with E-state index in [1.54, 1.807) is 51.1 Å². The van der Waals surface area contributed by atoms with Crippen molar-refractivity contribution in [1.82, 2.24) is 30.7 Å². The summed E-state index contributed by atoms with van der Waals surface area (Å²) in [5, 5.41) is 8.16. The van der Waals surface area contributed by atoms with Crippen molar-refractivity contribution in [2.24, 2.45) is 5.41 Å². The minimum atomic E-state index is -5.86. The third-order valence-corrected chi connectivity index (χ3v) is 18.2. The van der Waals surface area contributed by atoms with Crippen molar-refractivity contribution < 1.29 is 66.2 Å². The van der Waals surface area contributed by atoms with Crippen LogP contribution in [0.4, 0.5) is 8.78 Å². The summed E-state index contributed by atoms with van der Waals surface area (Å²) in [5.41, 5.74) is -2.83. The van der Waals surface area contributed by atoms with Crippen LogP contribution in [-0.2, 0) is 47.2 Å². The first-order valence-corrected chi connectivity index (χ1v) is 31.2. The van der Waals surface area contributed by atoms with E-state index in [0.717, 1.165) is 97.3 Å². The number of imide groups is 2. The fraction of sp³-hybridized carbons (Fsp3) is 0.429. The topological polar surface area (TPSA) is 249 Å². The Labute approximate surface area is 495 Å². The van der Waals surface area contributed by atoms with E-state index in [4.69, 9.17) is 4.74 Å². The smallest absolute Gasteiger partial charge is 0.399 e. The highest BCUT2D eigenvalue weighted by atomic mass is 32.1. The van der Waals surface area contributed by atoms with Crippen LogP contribution in [0.5, 0.6) is 5.75 Å². The predicted octanol–water partition coefficient (Wildman–Crippen LogP) is 8.70. The third-order valence-electron chi connectivity index (χ3n) is 16.1. The number of unbranched alkanes of at least 4 members (excludes halogenated alkanes) is 7. The van der Waals surface area contributed by atoms with Crippen LogP contribution in [0.2, 0.25) is 0 Å². The first-order chi connectivity index (χ1) is 40.5. The number of nitrogens with zero attached hydrogens (tertiary/aromatic N) is 3. The summed E-state index contributed by atoms with van der Waals surface area (Å²) in [4.78, 5) is 131. The molecule has 2 fully saturated rings. The minimum absolute atomic E-state index is 0.0149. The van der Waals surface area contributed by atoms with Crippen LogP contribution in [0, 0.1) is 17.3 Å². The monoisotopic (exact) mass is 1200 g/mol. The van der Waals surface area contributed by atoms with Crippen molar-refractivity contribution in [3.05, 3.63) is 135 Å². The summed E-state index contributed by atoms with van der Waals surface area (Å²) in [7, 11) is -5.86. The minimum Gasteiger partial charge on any atom is -0.484 e. The van der Waals surface area contributed by atoms with Gasteiger partial charge in [0.05, 0.1) is 16.0 Å². The molecule has 4 atom stereocenters. The quantitative estimate of drug-likeness (QED) is 0.0213. The highest BCUT2D eigenvalue weighted by Crippen LogP contribution is 2.59. The number of hydrogen-bond acceptors (Lipinski definition) is 11. The molecular formula is C63H69F2N6O12PS. The number of benzene rings is 4. The fourth-order valence-corrected chi connectivity index (χ4v) is 12.9. The van der Waals surface area contributed by atoms with Crippen LogP contribution in [0.15, 0.2) is 91.0 Å². The van der Waals surface area contributed by atoms with Crippen molar-refractivity contribution in [2.75, 3.05) is 26.2 Å². The molecule has 22 heteroatoms. The van der Waals surface area contributed by atoms with Crippen LogP contribution >= 0.6 is 18.9 Å². The maximum atomic E-state index is 15.2. The van der Waals surface area contributed by atoms with Crippen LogP contribution in [0.1, 0.15) is 162 Å². The lowest BCUT2D eigenvalue weighted by Crippen LogP contribution is -2.61. The summed E-state index contributed by atoms with van der Waals surface area (Å²) in [6, 6.07) is 21.5. The summed E-state index contributed by atoms with van der Waals surface area (Å²) >= 11 is 0.964. The normalized spacial score (nSPS) is 18.5. The van der Waals surface area contributed by atoms with Gasteiger partial charge in [0.25, 0.3) is 23.6 Å². The van der Waals surface area contributed by atoms with E-state index in [1.165, 1.54) is 17.0 Å². The SMILES string of the molecule is CC(C)(C)[C@H](NC(=O)c1cc2cc(C(F)(F)P(=O)(O)O)ccc2s1)C(=O)N1Cc2cc(OCC(=O)NCCCCCCCCCC#Cc3cccc4c3C(=O)N(C3CCC(=O)NC3=O)C4=O)ccc2C[C@H]1C(=O)N1CCC[C@H](c2ccccc2)C1. The van der Waals surface area contributed by atoms with Crippen LogP contribution in [-0.4, -0.2) is 116 Å². The zero-order valence-corrected chi connectivity index (χ0v) is 49.3. The van der Waals surface area contributed by atoms with Crippen LogP contribution in [0.25, 0.3) is 10.1 Å². The van der Waals surface area contributed by atoms with E-state index in [2.05, 4.69) is 27.8 Å². The molecule has 0 saturated carbocycles. The van der Waals surface area contributed by atoms with Gasteiger partial charge in [0, 0.05) is 67.2 Å². The molecule has 1 aromatic heterocycles. The molecule has 18 nitrogen and oxygen atoms in total. The van der Waals surface area contributed by atoms with Crippen LogP contribution in [0.3, 0.4) is 0 Å². The second kappa shape index (κ2) is 26.3. The molecule has 9 rings (SSSR count). The number of ether oxygens (including phenoxy) is 1. The average Bonchev–Trinajstić information content (AvgIpc) is 2.32. The molecule has 0 radical (unpaired) electrons. The Morgan fingerprint density at radius 2 is 1.60 bits per heavy atom. The first kappa shape index (κ1) is 61.9. The standard InChI is InChI=1S/C63H69F2N6O12PS/c1-62(2,3)55(68-57(75)51-35-43-32-45(25-28-50(43)85-51)63(64,65)84(80,81)82)61(79)70-37-44-33-46(26-24-41(44)34-49(70)59(77)69-31-17-22-42(36-69)39-18-13-11-14-19-39)83-38-53(73)66-30-15-10-8-6-4-5-7-9-12-20-40-21-16-23-47-54(40)60(78)71(58(47)76)48-27-29-52(72)67-56(48)74/h11,13-14,16,18-19,21,23-26,28,32-33,35,42,48-49,55H,4-10,15,17,22,27,29-31,34,36-38H2,1-3H3,(H,66,73)(H,68,75)(H,67,72,74)(H2,80,81,82)/t42-,48?,49-,55+/m0/s1. The Kier molecular flexibility index (Phi) is 19.2. The fourth-order valence-electron chi connectivity index (χ4n) is 11.4. The number of carbonyl (C=O) groups excluding carboxylic acids is 8. The Morgan fingerprint density at radius 3 is 2.33 bits per heavy atom. The average molecular weight is 1200 g/mol. The van der Waals surface area contributed by atoms with Gasteiger partial charge in [0.2, 0.25) is 23.6 Å². The Bertz CT molecular complexity index is 3530. The Balaban J connectivity index is 0.766. The molecule has 1 unspecified atom stereocenters. The van der Waals surface area contributed by atoms with Gasteiger partial charge in [0.1, 0.15) is 23.9 Å². The predicted molar refractivity (Wildman–Crippen MR) is 313 cm³/mol. The van der Waals surface area contributed by atoms with Gasteiger partial charge in [-0.2, -0.15) is 8.78 Å². The maximum Gasteiger partial charge on any atom is 0.399 e. The molecule has 5 heterocycles. The lowest BCUT2D eigenvalue weighted by Gasteiger charge is -2.43. The molecular weight excluding hydrogens is 1130 g/mol. The second-order valence-electron chi connectivity index (χ2n) is 23.2. The van der Waals surface area contributed by atoms with E-state index < -0.39 is 77.8 Å². The summed E-state index contributed by atoms with van der Waals surface area (Å²) < 4.78 is 47.3. The molecule has 5 N–H and O–H groups in total. The molecule has 448 valence electrons. The molecule has 4 aromatic carbocycles. The molecule has 4 aliphatic heterocycles. The number of amides is 8. The molecule has 0 spiro atoms. The van der Waals surface area contributed by atoms with E-state index >= 15 is 4.79 Å². The van der Waals surface area contributed by atoms with Gasteiger partial charge in [-0.05, 0) is 102 Å². The van der Waals surface area contributed by atoms with E-state index in [-0.39, 0.29) is 71.5 Å². The molecule has 2 saturated heterocycles. The number of fused-ring (bicyclic) bond motifs is 3. The maximum absolute atomic E-state index is 15.2. The number of alkyl halides is 2. The Hall–Kier alpha value is -7.63. The third kappa shape index (κ3) is 14.2. The number of carbonyl (C=O) groups is 8. The summed E-state index contributed by atoms with van der Waals surface area (Å²) in [6.07, 6.45) is 9.03. The van der Waals surface area contributed by atoms with Gasteiger partial charge in [-0.25, -0.2) is 0 Å². The zero-order chi connectivity index (χ0) is 60.8. The van der Waals surface area contributed by atoms with Crippen LogP contribution < -0.4 is 20.7 Å². The van der Waals surface area contributed by atoms with Gasteiger partial charge >= 0.3 is 13.3 Å². The number of piperidine rings is 2. The molecule has 5 aromatic rings. The molecule has 8 amide bonds. The zero-order valence-electron chi connectivity index (χ0n) is 47.6. The highest BCUT2D eigenvalue weighted by molar-refractivity contribution is 7.52. The van der Waals surface area contributed by atoms with Crippen molar-refractivity contribution in [1.29, 1.82) is 0 Å².